The first kappa shape index (κ1) is 14.3. The van der Waals surface area contributed by atoms with E-state index in [1.54, 1.807) is 13.2 Å². The lowest BCUT2D eigenvalue weighted by Gasteiger charge is -2.10. The fourth-order valence-electron chi connectivity index (χ4n) is 1.72. The van der Waals surface area contributed by atoms with Crippen molar-refractivity contribution in [2.75, 3.05) is 32.2 Å². The van der Waals surface area contributed by atoms with E-state index in [4.69, 9.17) is 9.47 Å². The number of aromatic nitrogens is 2. The predicted octanol–water partition coefficient (Wildman–Crippen LogP) is 2.60. The lowest BCUT2D eigenvalue weighted by Crippen LogP contribution is -2.08. The molecule has 0 atom stereocenters. The molecule has 0 fully saturated rings. The van der Waals surface area contributed by atoms with E-state index < -0.39 is 0 Å². The normalized spacial score (nSPS) is 10.3. The molecule has 0 aliphatic carbocycles. The van der Waals surface area contributed by atoms with Crippen molar-refractivity contribution in [3.8, 4) is 17.3 Å². The molecule has 1 aromatic carbocycles. The maximum absolute atomic E-state index is 5.58. The van der Waals surface area contributed by atoms with E-state index >= 15 is 0 Å². The van der Waals surface area contributed by atoms with E-state index in [2.05, 4.69) is 15.3 Å². The van der Waals surface area contributed by atoms with Crippen molar-refractivity contribution in [2.24, 2.45) is 0 Å². The van der Waals surface area contributed by atoms with Gasteiger partial charge in [0.1, 0.15) is 12.4 Å². The van der Waals surface area contributed by atoms with E-state index in [0.29, 0.717) is 24.9 Å². The Kier molecular flexibility index (Phi) is 5.32. The maximum atomic E-state index is 5.58. The molecule has 5 nitrogen and oxygen atoms in total. The van der Waals surface area contributed by atoms with E-state index in [0.717, 1.165) is 17.9 Å². The standard InChI is InChI=1S/C15H19N3O2/c1-3-16-13-11-14(20-10-9-19-2)18-15(17-13)12-7-5-4-6-8-12/h4-8,11H,3,9-10H2,1-2H3,(H,16,17,18). The van der Waals surface area contributed by atoms with Gasteiger partial charge in [-0.05, 0) is 6.92 Å². The molecule has 5 heteroatoms. The van der Waals surface area contributed by atoms with Gasteiger partial charge in [-0.1, -0.05) is 30.3 Å². The summed E-state index contributed by atoms with van der Waals surface area (Å²) < 4.78 is 10.6. The van der Waals surface area contributed by atoms with Gasteiger partial charge in [-0.2, -0.15) is 4.98 Å². The van der Waals surface area contributed by atoms with Crippen LogP contribution >= 0.6 is 0 Å². The number of ether oxygens (including phenoxy) is 2. The second-order valence-electron chi connectivity index (χ2n) is 4.15. The summed E-state index contributed by atoms with van der Waals surface area (Å²) in [6.45, 7) is 3.81. The Morgan fingerprint density at radius 2 is 1.90 bits per heavy atom. The highest BCUT2D eigenvalue weighted by atomic mass is 16.5. The summed E-state index contributed by atoms with van der Waals surface area (Å²) in [5, 5.41) is 3.19. The summed E-state index contributed by atoms with van der Waals surface area (Å²) in [5.74, 6) is 1.96. The molecule has 0 radical (unpaired) electrons. The molecule has 106 valence electrons. The summed E-state index contributed by atoms with van der Waals surface area (Å²) in [4.78, 5) is 8.92. The topological polar surface area (TPSA) is 56.3 Å². The Balaban J connectivity index is 2.26. The molecule has 0 amide bonds. The summed E-state index contributed by atoms with van der Waals surface area (Å²) in [6.07, 6.45) is 0. The molecular weight excluding hydrogens is 254 g/mol. The van der Waals surface area contributed by atoms with E-state index in [-0.39, 0.29) is 0 Å². The number of nitrogens with one attached hydrogen (secondary N) is 1. The zero-order valence-corrected chi connectivity index (χ0v) is 11.8. The van der Waals surface area contributed by atoms with Gasteiger partial charge in [0.15, 0.2) is 5.82 Å². The van der Waals surface area contributed by atoms with Crippen LogP contribution in [0.15, 0.2) is 36.4 Å². The van der Waals surface area contributed by atoms with Crippen molar-refractivity contribution >= 4 is 5.82 Å². The zero-order valence-electron chi connectivity index (χ0n) is 11.8. The van der Waals surface area contributed by atoms with Crippen LogP contribution in [0.25, 0.3) is 11.4 Å². The largest absolute Gasteiger partial charge is 0.475 e. The summed E-state index contributed by atoms with van der Waals surface area (Å²) in [7, 11) is 1.64. The van der Waals surface area contributed by atoms with Gasteiger partial charge in [0.25, 0.3) is 0 Å². The maximum Gasteiger partial charge on any atom is 0.219 e. The Labute approximate surface area is 119 Å². The van der Waals surface area contributed by atoms with Crippen LogP contribution in [0.3, 0.4) is 0 Å². The average molecular weight is 273 g/mol. The number of benzene rings is 1. The fourth-order valence-corrected chi connectivity index (χ4v) is 1.72. The lowest BCUT2D eigenvalue weighted by molar-refractivity contribution is 0.144. The van der Waals surface area contributed by atoms with Crippen LogP contribution in [0.5, 0.6) is 5.88 Å². The first-order valence-corrected chi connectivity index (χ1v) is 6.63. The molecule has 0 bridgehead atoms. The highest BCUT2D eigenvalue weighted by Crippen LogP contribution is 2.21. The van der Waals surface area contributed by atoms with Gasteiger partial charge in [-0.3, -0.25) is 0 Å². The minimum absolute atomic E-state index is 0.466. The van der Waals surface area contributed by atoms with E-state index in [1.807, 2.05) is 37.3 Å². The molecule has 20 heavy (non-hydrogen) atoms. The van der Waals surface area contributed by atoms with Gasteiger partial charge in [-0.15, -0.1) is 0 Å². The number of methoxy groups -OCH3 is 1. The van der Waals surface area contributed by atoms with Crippen molar-refractivity contribution in [3.05, 3.63) is 36.4 Å². The van der Waals surface area contributed by atoms with Crippen molar-refractivity contribution in [3.63, 3.8) is 0 Å². The molecule has 0 saturated heterocycles. The van der Waals surface area contributed by atoms with Gasteiger partial charge in [0, 0.05) is 25.3 Å². The van der Waals surface area contributed by atoms with Crippen molar-refractivity contribution in [2.45, 2.75) is 6.92 Å². The molecular formula is C15H19N3O2. The van der Waals surface area contributed by atoms with Crippen LogP contribution in [0.1, 0.15) is 6.92 Å². The smallest absolute Gasteiger partial charge is 0.219 e. The fraction of sp³-hybridized carbons (Fsp3) is 0.333. The van der Waals surface area contributed by atoms with Crippen LogP contribution < -0.4 is 10.1 Å². The predicted molar refractivity (Wildman–Crippen MR) is 79.0 cm³/mol. The first-order valence-electron chi connectivity index (χ1n) is 6.63. The first-order chi connectivity index (χ1) is 9.83. The number of hydrogen-bond donors (Lipinski definition) is 1. The average Bonchev–Trinajstić information content (AvgIpc) is 2.49. The van der Waals surface area contributed by atoms with E-state index in [9.17, 15) is 0 Å². The molecule has 1 heterocycles. The third kappa shape index (κ3) is 3.93. The second-order valence-corrected chi connectivity index (χ2v) is 4.15. The third-order valence-corrected chi connectivity index (χ3v) is 2.63. The van der Waals surface area contributed by atoms with Crippen molar-refractivity contribution in [1.82, 2.24) is 9.97 Å². The lowest BCUT2D eigenvalue weighted by atomic mass is 10.2. The molecule has 1 aromatic heterocycles. The Hall–Kier alpha value is -2.14. The van der Waals surface area contributed by atoms with Gasteiger partial charge in [-0.25, -0.2) is 4.98 Å². The molecule has 0 aliphatic rings. The second kappa shape index (κ2) is 7.45. The molecule has 2 rings (SSSR count). The van der Waals surface area contributed by atoms with Crippen LogP contribution in [-0.4, -0.2) is 36.8 Å². The highest BCUT2D eigenvalue weighted by molar-refractivity contribution is 5.58. The van der Waals surface area contributed by atoms with Gasteiger partial charge < -0.3 is 14.8 Å². The molecule has 0 unspecified atom stereocenters. The number of nitrogens with zero attached hydrogens (tertiary/aromatic N) is 2. The Morgan fingerprint density at radius 3 is 2.60 bits per heavy atom. The minimum Gasteiger partial charge on any atom is -0.475 e. The molecule has 0 spiro atoms. The monoisotopic (exact) mass is 273 g/mol. The van der Waals surface area contributed by atoms with Crippen molar-refractivity contribution < 1.29 is 9.47 Å². The number of rotatable bonds is 7. The highest BCUT2D eigenvalue weighted by Gasteiger charge is 2.07. The quantitative estimate of drug-likeness (QED) is 0.786. The van der Waals surface area contributed by atoms with Crippen LogP contribution in [0, 0.1) is 0 Å². The Morgan fingerprint density at radius 1 is 1.10 bits per heavy atom. The molecule has 0 saturated carbocycles. The van der Waals surface area contributed by atoms with Crippen LogP contribution in [0.2, 0.25) is 0 Å². The van der Waals surface area contributed by atoms with E-state index in [1.165, 1.54) is 0 Å². The van der Waals surface area contributed by atoms with Crippen molar-refractivity contribution in [1.29, 1.82) is 0 Å². The van der Waals surface area contributed by atoms with Crippen LogP contribution in [0.4, 0.5) is 5.82 Å². The zero-order chi connectivity index (χ0) is 14.2. The summed E-state index contributed by atoms with van der Waals surface area (Å²) >= 11 is 0. The number of hydrogen-bond acceptors (Lipinski definition) is 5. The molecule has 0 aliphatic heterocycles. The van der Waals surface area contributed by atoms with Gasteiger partial charge in [0.2, 0.25) is 5.88 Å². The molecule has 2 aromatic rings. The molecule has 1 N–H and O–H groups in total. The van der Waals surface area contributed by atoms with Crippen LogP contribution in [-0.2, 0) is 4.74 Å². The minimum atomic E-state index is 0.466. The Bertz CT molecular complexity index is 532. The van der Waals surface area contributed by atoms with Gasteiger partial charge >= 0.3 is 0 Å². The number of anilines is 1. The van der Waals surface area contributed by atoms with Gasteiger partial charge in [0.05, 0.1) is 6.61 Å². The third-order valence-electron chi connectivity index (χ3n) is 2.63. The summed E-state index contributed by atoms with van der Waals surface area (Å²) in [6, 6.07) is 11.6. The summed E-state index contributed by atoms with van der Waals surface area (Å²) in [5.41, 5.74) is 0.962. The SMILES string of the molecule is CCNc1cc(OCCOC)nc(-c2ccccc2)n1.